The summed E-state index contributed by atoms with van der Waals surface area (Å²) in [4.78, 5) is 4.28. The first kappa shape index (κ1) is 15.1. The molecule has 0 saturated heterocycles. The summed E-state index contributed by atoms with van der Waals surface area (Å²) >= 11 is 0. The van der Waals surface area contributed by atoms with Gasteiger partial charge in [0.05, 0.1) is 0 Å². The summed E-state index contributed by atoms with van der Waals surface area (Å²) in [6.45, 7) is 4.89. The van der Waals surface area contributed by atoms with Crippen molar-refractivity contribution >= 4 is 9.84 Å². The van der Waals surface area contributed by atoms with Gasteiger partial charge in [0.15, 0.2) is 0 Å². The Morgan fingerprint density at radius 2 is 2.17 bits per heavy atom. The van der Waals surface area contributed by atoms with Gasteiger partial charge in [-0.2, -0.15) is 0 Å². The summed E-state index contributed by atoms with van der Waals surface area (Å²) in [7, 11) is -2.87. The van der Waals surface area contributed by atoms with Gasteiger partial charge in [-0.25, -0.2) is 8.42 Å². The third kappa shape index (κ3) is 5.14. The minimum absolute atomic E-state index is 0.186. The average Bonchev–Trinajstić information content (AvgIpc) is 2.27. The monoisotopic (exact) mass is 270 g/mol. The van der Waals surface area contributed by atoms with Crippen LogP contribution in [0, 0.1) is 6.92 Å². The minimum atomic E-state index is -2.87. The molecule has 1 unspecified atom stereocenters. The van der Waals surface area contributed by atoms with Crippen LogP contribution in [-0.4, -0.2) is 32.0 Å². The Morgan fingerprint density at radius 1 is 1.44 bits per heavy atom. The van der Waals surface area contributed by atoms with Gasteiger partial charge in [-0.3, -0.25) is 4.98 Å². The second-order valence-corrected chi connectivity index (χ2v) is 6.82. The Hall–Kier alpha value is -0.940. The number of nitrogens with zero attached hydrogens (tertiary/aromatic N) is 1. The van der Waals surface area contributed by atoms with Crippen molar-refractivity contribution in [3.8, 4) is 0 Å². The molecule has 1 aromatic heterocycles. The van der Waals surface area contributed by atoms with Gasteiger partial charge in [-0.05, 0) is 37.9 Å². The number of hydrogen-bond donors (Lipinski definition) is 1. The number of hydrogen-bond acceptors (Lipinski definition) is 4. The van der Waals surface area contributed by atoms with E-state index in [-0.39, 0.29) is 11.8 Å². The van der Waals surface area contributed by atoms with Gasteiger partial charge in [0.1, 0.15) is 9.84 Å². The first-order chi connectivity index (χ1) is 8.44. The van der Waals surface area contributed by atoms with Gasteiger partial charge < -0.3 is 5.32 Å². The molecule has 1 heterocycles. The SMILES string of the molecule is CCNC(CCCS(C)(=O)=O)c1cccnc1C. The van der Waals surface area contributed by atoms with Gasteiger partial charge in [0.25, 0.3) is 0 Å². The Morgan fingerprint density at radius 3 is 2.72 bits per heavy atom. The van der Waals surface area contributed by atoms with Crippen molar-refractivity contribution in [2.75, 3.05) is 18.6 Å². The summed E-state index contributed by atoms with van der Waals surface area (Å²) in [5.41, 5.74) is 2.16. The maximum absolute atomic E-state index is 11.1. The normalized spacial score (nSPS) is 13.5. The predicted molar refractivity (Wildman–Crippen MR) is 74.3 cm³/mol. The van der Waals surface area contributed by atoms with Crippen LogP contribution in [0.5, 0.6) is 0 Å². The molecule has 1 atom stereocenters. The van der Waals surface area contributed by atoms with Crippen LogP contribution >= 0.6 is 0 Å². The van der Waals surface area contributed by atoms with Crippen molar-refractivity contribution in [1.82, 2.24) is 10.3 Å². The topological polar surface area (TPSA) is 59.1 Å². The van der Waals surface area contributed by atoms with Crippen LogP contribution in [-0.2, 0) is 9.84 Å². The maximum atomic E-state index is 11.1. The number of aryl methyl sites for hydroxylation is 1. The number of pyridine rings is 1. The lowest BCUT2D eigenvalue weighted by Crippen LogP contribution is -2.22. The Balaban J connectivity index is 2.69. The van der Waals surface area contributed by atoms with Crippen molar-refractivity contribution in [1.29, 1.82) is 0 Å². The van der Waals surface area contributed by atoms with E-state index in [4.69, 9.17) is 0 Å². The number of nitrogens with one attached hydrogen (secondary N) is 1. The second kappa shape index (κ2) is 6.85. The zero-order valence-corrected chi connectivity index (χ0v) is 12.1. The van der Waals surface area contributed by atoms with Crippen molar-refractivity contribution < 1.29 is 8.42 Å². The molecule has 0 aromatic carbocycles. The Bertz CT molecular complexity index is 472. The molecule has 0 aliphatic heterocycles. The fourth-order valence-electron chi connectivity index (χ4n) is 2.03. The van der Waals surface area contributed by atoms with Gasteiger partial charge in [0.2, 0.25) is 0 Å². The van der Waals surface area contributed by atoms with E-state index in [0.717, 1.165) is 24.2 Å². The number of sulfone groups is 1. The molecule has 0 aliphatic carbocycles. The summed E-state index contributed by atoms with van der Waals surface area (Å²) < 4.78 is 22.3. The minimum Gasteiger partial charge on any atom is -0.310 e. The Labute approximate surface area is 110 Å². The van der Waals surface area contributed by atoms with E-state index in [1.807, 2.05) is 13.0 Å². The molecular formula is C13H22N2O2S. The summed E-state index contributed by atoms with van der Waals surface area (Å²) in [5, 5.41) is 3.39. The molecule has 0 fully saturated rings. The fourth-order valence-corrected chi connectivity index (χ4v) is 2.72. The molecule has 102 valence electrons. The molecule has 1 N–H and O–H groups in total. The molecule has 0 aliphatic rings. The maximum Gasteiger partial charge on any atom is 0.147 e. The molecule has 0 bridgehead atoms. The molecular weight excluding hydrogens is 248 g/mol. The zero-order valence-electron chi connectivity index (χ0n) is 11.3. The summed E-state index contributed by atoms with van der Waals surface area (Å²) in [6, 6.07) is 4.16. The van der Waals surface area contributed by atoms with Gasteiger partial charge in [-0.15, -0.1) is 0 Å². The third-order valence-corrected chi connectivity index (χ3v) is 3.91. The molecule has 4 nitrogen and oxygen atoms in total. The standard InChI is InChI=1S/C13H22N2O2S/c1-4-14-13(8-6-10-18(3,16)17)12-7-5-9-15-11(12)2/h5,7,9,13-14H,4,6,8,10H2,1-3H3. The lowest BCUT2D eigenvalue weighted by molar-refractivity contribution is 0.503. The lowest BCUT2D eigenvalue weighted by Gasteiger charge is -2.19. The Kier molecular flexibility index (Phi) is 5.75. The first-order valence-electron chi connectivity index (χ1n) is 6.26. The van der Waals surface area contributed by atoms with E-state index < -0.39 is 9.84 Å². The van der Waals surface area contributed by atoms with Crippen LogP contribution in [0.25, 0.3) is 0 Å². The molecule has 0 amide bonds. The van der Waals surface area contributed by atoms with Crippen LogP contribution in [0.1, 0.15) is 37.1 Å². The van der Waals surface area contributed by atoms with Crippen molar-refractivity contribution in [3.63, 3.8) is 0 Å². The van der Waals surface area contributed by atoms with E-state index in [9.17, 15) is 8.42 Å². The van der Waals surface area contributed by atoms with Crippen molar-refractivity contribution in [2.45, 2.75) is 32.7 Å². The quantitative estimate of drug-likeness (QED) is 0.821. The predicted octanol–water partition coefficient (Wildman–Crippen LogP) is 1.87. The molecule has 1 aromatic rings. The van der Waals surface area contributed by atoms with Crippen molar-refractivity contribution in [2.24, 2.45) is 0 Å². The van der Waals surface area contributed by atoms with E-state index in [2.05, 4.69) is 23.3 Å². The third-order valence-electron chi connectivity index (χ3n) is 2.88. The largest absolute Gasteiger partial charge is 0.310 e. The summed E-state index contributed by atoms with van der Waals surface area (Å²) in [6.07, 6.45) is 4.54. The molecule has 0 radical (unpaired) electrons. The smallest absolute Gasteiger partial charge is 0.147 e. The van der Waals surface area contributed by atoms with Crippen LogP contribution in [0.2, 0.25) is 0 Å². The van der Waals surface area contributed by atoms with Crippen LogP contribution in [0.4, 0.5) is 0 Å². The fraction of sp³-hybridized carbons (Fsp3) is 0.615. The highest BCUT2D eigenvalue weighted by molar-refractivity contribution is 7.90. The van der Waals surface area contributed by atoms with Crippen LogP contribution in [0.15, 0.2) is 18.3 Å². The van der Waals surface area contributed by atoms with E-state index in [1.54, 1.807) is 6.20 Å². The molecule has 5 heteroatoms. The molecule has 18 heavy (non-hydrogen) atoms. The highest BCUT2D eigenvalue weighted by Crippen LogP contribution is 2.20. The van der Waals surface area contributed by atoms with Crippen molar-refractivity contribution in [3.05, 3.63) is 29.6 Å². The van der Waals surface area contributed by atoms with Gasteiger partial charge >= 0.3 is 0 Å². The lowest BCUT2D eigenvalue weighted by atomic mass is 10.0. The first-order valence-corrected chi connectivity index (χ1v) is 8.32. The highest BCUT2D eigenvalue weighted by Gasteiger charge is 2.14. The van der Waals surface area contributed by atoms with E-state index in [1.165, 1.54) is 6.26 Å². The number of rotatable bonds is 7. The number of aromatic nitrogens is 1. The zero-order chi connectivity index (χ0) is 13.6. The molecule has 0 saturated carbocycles. The van der Waals surface area contributed by atoms with E-state index >= 15 is 0 Å². The second-order valence-electron chi connectivity index (χ2n) is 4.56. The van der Waals surface area contributed by atoms with Gasteiger partial charge in [-0.1, -0.05) is 13.0 Å². The van der Waals surface area contributed by atoms with Gasteiger partial charge in [0, 0.05) is 29.9 Å². The van der Waals surface area contributed by atoms with Crippen LogP contribution in [0.3, 0.4) is 0 Å². The summed E-state index contributed by atoms with van der Waals surface area (Å²) in [5.74, 6) is 0.244. The highest BCUT2D eigenvalue weighted by atomic mass is 32.2. The molecule has 0 spiro atoms. The van der Waals surface area contributed by atoms with Crippen LogP contribution < -0.4 is 5.32 Å². The molecule has 1 rings (SSSR count). The average molecular weight is 270 g/mol. The van der Waals surface area contributed by atoms with E-state index in [0.29, 0.717) is 6.42 Å².